The van der Waals surface area contributed by atoms with E-state index in [9.17, 15) is 14.0 Å². The first-order valence-corrected chi connectivity index (χ1v) is 8.43. The number of nitrogens with zero attached hydrogens (tertiary/aromatic N) is 1. The minimum absolute atomic E-state index is 0.00365. The van der Waals surface area contributed by atoms with Gasteiger partial charge in [0.2, 0.25) is 5.91 Å². The van der Waals surface area contributed by atoms with Crippen LogP contribution in [0.5, 0.6) is 0 Å². The van der Waals surface area contributed by atoms with Gasteiger partial charge in [0.25, 0.3) is 5.91 Å². The number of hydrogen-bond acceptors (Lipinski definition) is 3. The molecule has 0 aliphatic carbocycles. The number of fused-ring (bicyclic) bond motifs is 1. The van der Waals surface area contributed by atoms with Crippen LogP contribution in [0.2, 0.25) is 0 Å². The van der Waals surface area contributed by atoms with Crippen molar-refractivity contribution in [1.29, 1.82) is 0 Å². The topological polar surface area (TPSA) is 49.4 Å². The van der Waals surface area contributed by atoms with Gasteiger partial charge in [-0.2, -0.15) is 0 Å². The Kier molecular flexibility index (Phi) is 5.36. The molecule has 1 N–H and O–H groups in total. The Hall–Kier alpha value is -1.95. The van der Waals surface area contributed by atoms with Gasteiger partial charge in [0.1, 0.15) is 5.82 Å². The molecule has 1 heterocycles. The van der Waals surface area contributed by atoms with Gasteiger partial charge >= 0.3 is 0 Å². The summed E-state index contributed by atoms with van der Waals surface area (Å²) in [4.78, 5) is 26.6. The lowest BCUT2D eigenvalue weighted by atomic mass is 10.1. The Morgan fingerprint density at radius 2 is 2.04 bits per heavy atom. The molecular formula is C17H21FN2O2S. The number of rotatable bonds is 5. The van der Waals surface area contributed by atoms with E-state index < -0.39 is 0 Å². The standard InChI is InChI=1S/C17H21FN2O2S/c1-5-20(9-14(21)19-10(2)3)17(22)16-11(4)15-12(18)7-6-8-13(15)23-16/h6-8,10H,5,9H2,1-4H3,(H,19,21). The summed E-state index contributed by atoms with van der Waals surface area (Å²) in [6.45, 7) is 7.73. The minimum atomic E-state index is -0.323. The summed E-state index contributed by atoms with van der Waals surface area (Å²) >= 11 is 1.27. The Balaban J connectivity index is 2.29. The summed E-state index contributed by atoms with van der Waals surface area (Å²) in [5, 5.41) is 3.26. The van der Waals surface area contributed by atoms with Crippen LogP contribution in [0.3, 0.4) is 0 Å². The molecule has 0 saturated carbocycles. The Morgan fingerprint density at radius 3 is 2.61 bits per heavy atom. The van der Waals surface area contributed by atoms with Crippen molar-refractivity contribution in [2.75, 3.05) is 13.1 Å². The SMILES string of the molecule is CCN(CC(=O)NC(C)C)C(=O)c1sc2cccc(F)c2c1C. The molecule has 0 unspecified atom stereocenters. The highest BCUT2D eigenvalue weighted by Gasteiger charge is 2.23. The zero-order valence-electron chi connectivity index (χ0n) is 13.8. The molecule has 2 rings (SSSR count). The van der Waals surface area contributed by atoms with Crippen LogP contribution in [-0.4, -0.2) is 35.8 Å². The van der Waals surface area contributed by atoms with Crippen molar-refractivity contribution in [3.05, 3.63) is 34.5 Å². The lowest BCUT2D eigenvalue weighted by molar-refractivity contribution is -0.122. The third-order valence-corrected chi connectivity index (χ3v) is 4.80. The number of likely N-dealkylation sites (N-methyl/N-ethyl adjacent to an activating group) is 1. The maximum absolute atomic E-state index is 14.0. The minimum Gasteiger partial charge on any atom is -0.352 e. The maximum atomic E-state index is 14.0. The molecule has 2 amide bonds. The molecule has 1 aromatic carbocycles. The summed E-state index contributed by atoms with van der Waals surface area (Å²) in [6.07, 6.45) is 0. The smallest absolute Gasteiger partial charge is 0.264 e. The lowest BCUT2D eigenvalue weighted by Crippen LogP contribution is -2.42. The molecule has 0 spiro atoms. The molecule has 0 atom stereocenters. The second kappa shape index (κ2) is 7.08. The van der Waals surface area contributed by atoms with Crippen LogP contribution in [0.1, 0.15) is 36.0 Å². The number of hydrogen-bond donors (Lipinski definition) is 1. The van der Waals surface area contributed by atoms with Crippen molar-refractivity contribution >= 4 is 33.2 Å². The molecule has 0 radical (unpaired) electrons. The molecule has 0 aliphatic heterocycles. The lowest BCUT2D eigenvalue weighted by Gasteiger charge is -2.20. The van der Waals surface area contributed by atoms with Crippen LogP contribution in [0, 0.1) is 12.7 Å². The molecular weight excluding hydrogens is 315 g/mol. The fourth-order valence-electron chi connectivity index (χ4n) is 2.47. The fourth-order valence-corrected chi connectivity index (χ4v) is 3.66. The van der Waals surface area contributed by atoms with Gasteiger partial charge in [-0.1, -0.05) is 6.07 Å². The fraction of sp³-hybridized carbons (Fsp3) is 0.412. The summed E-state index contributed by atoms with van der Waals surface area (Å²) in [5.74, 6) is -0.749. The van der Waals surface area contributed by atoms with Gasteiger partial charge in [-0.25, -0.2) is 4.39 Å². The van der Waals surface area contributed by atoms with Crippen LogP contribution >= 0.6 is 11.3 Å². The molecule has 124 valence electrons. The van der Waals surface area contributed by atoms with Crippen LogP contribution in [0.25, 0.3) is 10.1 Å². The van der Waals surface area contributed by atoms with E-state index in [1.54, 1.807) is 19.1 Å². The number of nitrogens with one attached hydrogen (secondary N) is 1. The van der Waals surface area contributed by atoms with Crippen LogP contribution in [0.4, 0.5) is 4.39 Å². The highest BCUT2D eigenvalue weighted by molar-refractivity contribution is 7.21. The first kappa shape index (κ1) is 17.4. The Labute approximate surface area is 139 Å². The van der Waals surface area contributed by atoms with E-state index in [4.69, 9.17) is 0 Å². The summed E-state index contributed by atoms with van der Waals surface area (Å²) < 4.78 is 14.7. The molecule has 0 bridgehead atoms. The van der Waals surface area contributed by atoms with E-state index in [0.717, 1.165) is 4.70 Å². The largest absolute Gasteiger partial charge is 0.352 e. The normalized spacial score (nSPS) is 11.0. The van der Waals surface area contributed by atoms with Crippen molar-refractivity contribution in [3.63, 3.8) is 0 Å². The van der Waals surface area contributed by atoms with E-state index in [0.29, 0.717) is 22.4 Å². The number of benzene rings is 1. The predicted molar refractivity (Wildman–Crippen MR) is 91.4 cm³/mol. The van der Waals surface area contributed by atoms with Crippen molar-refractivity contribution < 1.29 is 14.0 Å². The second-order valence-electron chi connectivity index (χ2n) is 5.71. The van der Waals surface area contributed by atoms with Gasteiger partial charge in [-0.15, -0.1) is 11.3 Å². The van der Waals surface area contributed by atoms with Crippen LogP contribution < -0.4 is 5.32 Å². The highest BCUT2D eigenvalue weighted by Crippen LogP contribution is 2.33. The third kappa shape index (κ3) is 3.69. The van der Waals surface area contributed by atoms with Crippen LogP contribution in [0.15, 0.2) is 18.2 Å². The molecule has 4 nitrogen and oxygen atoms in total. The first-order valence-electron chi connectivity index (χ1n) is 7.61. The number of carbonyl (C=O) groups excluding carboxylic acids is 2. The van der Waals surface area contributed by atoms with E-state index >= 15 is 0 Å². The molecule has 0 aliphatic rings. The third-order valence-electron chi connectivity index (χ3n) is 3.55. The van der Waals surface area contributed by atoms with E-state index in [1.807, 2.05) is 20.8 Å². The Morgan fingerprint density at radius 1 is 1.35 bits per heavy atom. The van der Waals surface area contributed by atoms with Gasteiger partial charge in [0.05, 0.1) is 11.4 Å². The number of aryl methyl sites for hydroxylation is 1. The van der Waals surface area contributed by atoms with Crippen molar-refractivity contribution in [2.24, 2.45) is 0 Å². The zero-order valence-corrected chi connectivity index (χ0v) is 14.6. The van der Waals surface area contributed by atoms with Gasteiger partial charge in [-0.3, -0.25) is 9.59 Å². The van der Waals surface area contributed by atoms with Crippen LogP contribution in [-0.2, 0) is 4.79 Å². The van der Waals surface area contributed by atoms with Gasteiger partial charge in [0.15, 0.2) is 0 Å². The highest BCUT2D eigenvalue weighted by atomic mass is 32.1. The zero-order chi connectivity index (χ0) is 17.1. The average molecular weight is 336 g/mol. The predicted octanol–water partition coefficient (Wildman–Crippen LogP) is 3.34. The first-order chi connectivity index (χ1) is 10.8. The maximum Gasteiger partial charge on any atom is 0.264 e. The van der Waals surface area contributed by atoms with Crippen molar-refractivity contribution in [2.45, 2.75) is 33.7 Å². The summed E-state index contributed by atoms with van der Waals surface area (Å²) in [6, 6.07) is 4.85. The summed E-state index contributed by atoms with van der Waals surface area (Å²) in [5.41, 5.74) is 0.635. The average Bonchev–Trinajstić information content (AvgIpc) is 2.81. The van der Waals surface area contributed by atoms with Crippen molar-refractivity contribution in [3.8, 4) is 0 Å². The summed E-state index contributed by atoms with van der Waals surface area (Å²) in [7, 11) is 0. The molecule has 2 aromatic rings. The molecule has 0 fully saturated rings. The number of carbonyl (C=O) groups is 2. The van der Waals surface area contributed by atoms with E-state index in [2.05, 4.69) is 5.32 Å². The Bertz CT molecular complexity index is 740. The molecule has 0 saturated heterocycles. The monoisotopic (exact) mass is 336 g/mol. The molecule has 6 heteroatoms. The van der Waals surface area contributed by atoms with Crippen molar-refractivity contribution in [1.82, 2.24) is 10.2 Å². The van der Waals surface area contributed by atoms with Gasteiger partial charge in [-0.05, 0) is 45.4 Å². The number of amides is 2. The molecule has 1 aromatic heterocycles. The van der Waals surface area contributed by atoms with Gasteiger partial charge < -0.3 is 10.2 Å². The second-order valence-corrected chi connectivity index (χ2v) is 6.76. The number of halogens is 1. The quantitative estimate of drug-likeness (QED) is 0.910. The van der Waals surface area contributed by atoms with E-state index in [-0.39, 0.29) is 30.2 Å². The number of thiophene rings is 1. The molecule has 23 heavy (non-hydrogen) atoms. The van der Waals surface area contributed by atoms with Gasteiger partial charge in [0, 0.05) is 22.7 Å². The van der Waals surface area contributed by atoms with E-state index in [1.165, 1.54) is 22.3 Å².